The highest BCUT2D eigenvalue weighted by atomic mass is 35.5. The number of nitrogens with zero attached hydrogens (tertiary/aromatic N) is 4. The van der Waals surface area contributed by atoms with Gasteiger partial charge in [-0.1, -0.05) is 24.3 Å². The lowest BCUT2D eigenvalue weighted by Crippen LogP contribution is -2.55. The van der Waals surface area contributed by atoms with Gasteiger partial charge in [0.25, 0.3) is 5.56 Å². The molecule has 1 fully saturated rings. The second-order valence-electron chi connectivity index (χ2n) is 8.61. The van der Waals surface area contributed by atoms with Gasteiger partial charge >= 0.3 is 0 Å². The zero-order chi connectivity index (χ0) is 22.9. The lowest BCUT2D eigenvalue weighted by atomic mass is 10.1. The van der Waals surface area contributed by atoms with Crippen molar-refractivity contribution in [1.29, 1.82) is 0 Å². The maximum Gasteiger partial charge on any atom is 0.294 e. The lowest BCUT2D eigenvalue weighted by Gasteiger charge is -2.41. The number of para-hydroxylation sites is 1. The Morgan fingerprint density at radius 2 is 1.89 bits per heavy atom. The van der Waals surface area contributed by atoms with Gasteiger partial charge in [-0.05, 0) is 43.5 Å². The van der Waals surface area contributed by atoms with E-state index in [1.165, 1.54) is 0 Å². The molecule has 3 aromatic rings. The molecule has 0 bridgehead atoms. The van der Waals surface area contributed by atoms with Gasteiger partial charge in [-0.15, -0.1) is 24.8 Å². The minimum absolute atomic E-state index is 0. The molecule has 2 aliphatic heterocycles. The van der Waals surface area contributed by atoms with E-state index in [-0.39, 0.29) is 42.3 Å². The Kier molecular flexibility index (Phi) is 8.24. The van der Waals surface area contributed by atoms with Gasteiger partial charge < -0.3 is 21.3 Å². The van der Waals surface area contributed by atoms with Gasteiger partial charge in [0.1, 0.15) is 11.9 Å². The van der Waals surface area contributed by atoms with Crippen LogP contribution in [-0.4, -0.2) is 39.6 Å². The maximum atomic E-state index is 13.2. The van der Waals surface area contributed by atoms with Crippen LogP contribution in [0.1, 0.15) is 29.4 Å². The number of hydrogen-bond acceptors (Lipinski definition) is 7. The largest absolute Gasteiger partial charge is 0.384 e. The molecule has 2 aliphatic rings. The molecule has 1 amide bonds. The van der Waals surface area contributed by atoms with Crippen LogP contribution < -0.4 is 26.8 Å². The monoisotopic (exact) mass is 517 g/mol. The molecule has 11 heteroatoms. The molecule has 2 aromatic heterocycles. The molecule has 0 aliphatic carbocycles. The summed E-state index contributed by atoms with van der Waals surface area (Å²) in [7, 11) is 0. The Labute approximate surface area is 216 Å². The first-order chi connectivity index (χ1) is 16.0. The SMILES string of the molecule is Cc1nc(N)ccc1CNC(=O)[C@@H]1CCc2cnc(NC3CN(c4ccccc4)C3)c(=O)n21.Cl.Cl. The minimum Gasteiger partial charge on any atom is -0.384 e. The highest BCUT2D eigenvalue weighted by Gasteiger charge is 2.32. The van der Waals surface area contributed by atoms with Crippen LogP contribution in [0.3, 0.4) is 0 Å². The third-order valence-electron chi connectivity index (χ3n) is 6.38. The van der Waals surface area contributed by atoms with Gasteiger partial charge in [0.05, 0.1) is 6.04 Å². The van der Waals surface area contributed by atoms with Crippen LogP contribution in [0, 0.1) is 6.92 Å². The molecule has 0 saturated carbocycles. The molecule has 5 rings (SSSR count). The summed E-state index contributed by atoms with van der Waals surface area (Å²) in [6.45, 7) is 3.79. The van der Waals surface area contributed by atoms with Crippen molar-refractivity contribution in [3.63, 3.8) is 0 Å². The molecule has 1 atom stereocenters. The van der Waals surface area contributed by atoms with Gasteiger partial charge in [0.2, 0.25) is 5.91 Å². The Hall–Kier alpha value is -3.30. The van der Waals surface area contributed by atoms with E-state index in [1.807, 2.05) is 31.2 Å². The molecular formula is C24H29Cl2N7O2. The van der Waals surface area contributed by atoms with Crippen molar-refractivity contribution in [3.8, 4) is 0 Å². The van der Waals surface area contributed by atoms with E-state index in [0.29, 0.717) is 31.0 Å². The highest BCUT2D eigenvalue weighted by molar-refractivity contribution is 5.85. The van der Waals surface area contributed by atoms with Crippen molar-refractivity contribution in [1.82, 2.24) is 19.9 Å². The minimum atomic E-state index is -0.541. The molecule has 9 nitrogen and oxygen atoms in total. The third kappa shape index (κ3) is 5.36. The predicted octanol–water partition coefficient (Wildman–Crippen LogP) is 2.48. The number of carbonyl (C=O) groups excluding carboxylic acids is 1. The number of aromatic nitrogens is 3. The summed E-state index contributed by atoms with van der Waals surface area (Å²) in [6, 6.07) is 13.3. The number of pyridine rings is 1. The first kappa shape index (κ1) is 26.3. The second kappa shape index (κ2) is 11.0. The van der Waals surface area contributed by atoms with Crippen molar-refractivity contribution in [2.24, 2.45) is 0 Å². The third-order valence-corrected chi connectivity index (χ3v) is 6.38. The lowest BCUT2D eigenvalue weighted by molar-refractivity contribution is -0.124. The fraction of sp³-hybridized carbons (Fsp3) is 0.333. The first-order valence-corrected chi connectivity index (χ1v) is 11.2. The molecule has 4 heterocycles. The standard InChI is InChI=1S/C24H27N7O2.2ClH/c1-15-16(7-10-21(25)28-15)11-27-23(32)20-9-8-19-12-26-22(24(33)31(19)20)29-17-13-30(14-17)18-5-3-2-4-6-18;;/h2-7,10,12,17,20H,8-9,11,13-14H2,1H3,(H2,25,28)(H,26,29)(H,27,32);2*1H/t20-;;/m0../s1. The molecule has 0 radical (unpaired) electrons. The molecule has 4 N–H and O–H groups in total. The Bertz CT molecular complexity index is 1250. The summed E-state index contributed by atoms with van der Waals surface area (Å²) in [5, 5.41) is 6.22. The smallest absolute Gasteiger partial charge is 0.294 e. The summed E-state index contributed by atoms with van der Waals surface area (Å²) < 4.78 is 1.59. The molecule has 1 saturated heterocycles. The first-order valence-electron chi connectivity index (χ1n) is 11.2. The number of hydrogen-bond donors (Lipinski definition) is 3. The van der Waals surface area contributed by atoms with E-state index >= 15 is 0 Å². The van der Waals surface area contributed by atoms with Crippen LogP contribution in [0.5, 0.6) is 0 Å². The molecular weight excluding hydrogens is 489 g/mol. The summed E-state index contributed by atoms with van der Waals surface area (Å²) in [5.41, 5.74) is 9.09. The summed E-state index contributed by atoms with van der Waals surface area (Å²) in [6.07, 6.45) is 2.93. The zero-order valence-corrected chi connectivity index (χ0v) is 20.9. The number of nitrogen functional groups attached to an aromatic ring is 1. The fourth-order valence-electron chi connectivity index (χ4n) is 4.50. The Morgan fingerprint density at radius 3 is 2.60 bits per heavy atom. The fourth-order valence-corrected chi connectivity index (χ4v) is 4.50. The van der Waals surface area contributed by atoms with Crippen molar-refractivity contribution >= 4 is 48.0 Å². The van der Waals surface area contributed by atoms with E-state index in [2.05, 4.69) is 37.6 Å². The maximum absolute atomic E-state index is 13.2. The van der Waals surface area contributed by atoms with Gasteiger partial charge in [-0.25, -0.2) is 9.97 Å². The number of carbonyl (C=O) groups is 1. The van der Waals surface area contributed by atoms with Crippen LogP contribution in [0.2, 0.25) is 0 Å². The van der Waals surface area contributed by atoms with Crippen LogP contribution in [0.15, 0.2) is 53.5 Å². The number of rotatable bonds is 6. The molecule has 0 spiro atoms. The number of benzene rings is 1. The Balaban J connectivity index is 0.00000171. The van der Waals surface area contributed by atoms with Gasteiger partial charge in [-0.2, -0.15) is 0 Å². The van der Waals surface area contributed by atoms with E-state index in [0.717, 1.165) is 35.7 Å². The van der Waals surface area contributed by atoms with Crippen molar-refractivity contribution in [3.05, 3.63) is 76.0 Å². The van der Waals surface area contributed by atoms with E-state index in [9.17, 15) is 9.59 Å². The Morgan fingerprint density at radius 1 is 1.14 bits per heavy atom. The number of nitrogens with two attached hydrogens (primary N) is 1. The number of halogens is 2. The quantitative estimate of drug-likeness (QED) is 0.459. The van der Waals surface area contributed by atoms with E-state index in [1.54, 1.807) is 16.8 Å². The molecule has 0 unspecified atom stereocenters. The average molecular weight is 518 g/mol. The second-order valence-corrected chi connectivity index (χ2v) is 8.61. The highest BCUT2D eigenvalue weighted by Crippen LogP contribution is 2.25. The number of anilines is 3. The number of aryl methyl sites for hydroxylation is 2. The van der Waals surface area contributed by atoms with Gasteiger partial charge in [0, 0.05) is 42.9 Å². The predicted molar refractivity (Wildman–Crippen MR) is 142 cm³/mol. The van der Waals surface area contributed by atoms with Crippen molar-refractivity contribution in [2.45, 2.75) is 38.4 Å². The number of fused-ring (bicyclic) bond motifs is 1. The van der Waals surface area contributed by atoms with Crippen LogP contribution in [0.25, 0.3) is 0 Å². The van der Waals surface area contributed by atoms with E-state index in [4.69, 9.17) is 5.73 Å². The van der Waals surface area contributed by atoms with Crippen molar-refractivity contribution < 1.29 is 4.79 Å². The van der Waals surface area contributed by atoms with Crippen LogP contribution in [-0.2, 0) is 17.8 Å². The number of amides is 1. The normalized spacial score (nSPS) is 16.4. The van der Waals surface area contributed by atoms with Crippen molar-refractivity contribution in [2.75, 3.05) is 29.0 Å². The molecule has 35 heavy (non-hydrogen) atoms. The summed E-state index contributed by atoms with van der Waals surface area (Å²) >= 11 is 0. The average Bonchev–Trinajstić information content (AvgIpc) is 3.22. The van der Waals surface area contributed by atoms with Crippen LogP contribution >= 0.6 is 24.8 Å². The topological polar surface area (TPSA) is 118 Å². The summed E-state index contributed by atoms with van der Waals surface area (Å²) in [5.74, 6) is 0.572. The van der Waals surface area contributed by atoms with E-state index < -0.39 is 6.04 Å². The van der Waals surface area contributed by atoms with Gasteiger partial charge in [0.15, 0.2) is 5.82 Å². The number of nitrogens with one attached hydrogen (secondary N) is 2. The molecule has 1 aromatic carbocycles. The van der Waals surface area contributed by atoms with Crippen LogP contribution in [0.4, 0.5) is 17.3 Å². The zero-order valence-electron chi connectivity index (χ0n) is 19.3. The van der Waals surface area contributed by atoms with Gasteiger partial charge in [-0.3, -0.25) is 14.2 Å². The summed E-state index contributed by atoms with van der Waals surface area (Å²) in [4.78, 5) is 37.0. The molecule has 186 valence electrons.